The Kier molecular flexibility index (Phi) is 5.42. The zero-order valence-electron chi connectivity index (χ0n) is 11.1. The summed E-state index contributed by atoms with van der Waals surface area (Å²) in [5.41, 5.74) is 0.605. The molecule has 0 heterocycles. The molecule has 5 heteroatoms. The van der Waals surface area contributed by atoms with Crippen molar-refractivity contribution in [2.75, 3.05) is 19.0 Å². The quantitative estimate of drug-likeness (QED) is 0.596. The van der Waals surface area contributed by atoms with E-state index in [0.29, 0.717) is 17.4 Å². The monoisotopic (exact) mass is 252 g/mol. The zero-order valence-corrected chi connectivity index (χ0v) is 11.1. The van der Waals surface area contributed by atoms with Crippen molar-refractivity contribution in [3.63, 3.8) is 0 Å². The predicted molar refractivity (Wildman–Crippen MR) is 72.2 cm³/mol. The van der Waals surface area contributed by atoms with Crippen molar-refractivity contribution >= 4 is 11.4 Å². The lowest BCUT2D eigenvalue weighted by atomic mass is 10.0. The summed E-state index contributed by atoms with van der Waals surface area (Å²) in [5.74, 6) is 1.14. The van der Waals surface area contributed by atoms with Crippen molar-refractivity contribution in [3.05, 3.63) is 28.3 Å². The first kappa shape index (κ1) is 14.3. The first-order valence-electron chi connectivity index (χ1n) is 6.18. The van der Waals surface area contributed by atoms with Gasteiger partial charge in [-0.05, 0) is 12.0 Å². The molecule has 0 atom stereocenters. The van der Waals surface area contributed by atoms with Gasteiger partial charge in [0.25, 0.3) is 5.69 Å². The molecular weight excluding hydrogens is 232 g/mol. The highest BCUT2D eigenvalue weighted by Gasteiger charge is 2.15. The Bertz CT molecular complexity index is 403. The third-order valence-corrected chi connectivity index (χ3v) is 3.14. The van der Waals surface area contributed by atoms with E-state index >= 15 is 0 Å². The third kappa shape index (κ3) is 3.61. The SMILES string of the molecule is CCC(CC)CNc1cc(OC)ccc1[N+](=O)[O-]. The van der Waals surface area contributed by atoms with Crippen LogP contribution in [0.3, 0.4) is 0 Å². The molecule has 100 valence electrons. The lowest BCUT2D eigenvalue weighted by molar-refractivity contribution is -0.384. The maximum absolute atomic E-state index is 10.9. The molecule has 0 aromatic heterocycles. The lowest BCUT2D eigenvalue weighted by Crippen LogP contribution is -2.13. The van der Waals surface area contributed by atoms with Gasteiger partial charge >= 0.3 is 0 Å². The maximum Gasteiger partial charge on any atom is 0.292 e. The summed E-state index contributed by atoms with van der Waals surface area (Å²) in [6.45, 7) is 4.98. The van der Waals surface area contributed by atoms with E-state index in [9.17, 15) is 10.1 Å². The van der Waals surface area contributed by atoms with Gasteiger partial charge in [0.1, 0.15) is 11.4 Å². The van der Waals surface area contributed by atoms with E-state index in [-0.39, 0.29) is 10.6 Å². The van der Waals surface area contributed by atoms with Gasteiger partial charge in [-0.25, -0.2) is 0 Å². The summed E-state index contributed by atoms with van der Waals surface area (Å²) in [6.07, 6.45) is 2.11. The molecule has 0 unspecified atom stereocenters. The number of nitrogens with one attached hydrogen (secondary N) is 1. The maximum atomic E-state index is 10.9. The average molecular weight is 252 g/mol. The molecule has 0 aliphatic carbocycles. The summed E-state index contributed by atoms with van der Waals surface area (Å²) >= 11 is 0. The van der Waals surface area contributed by atoms with E-state index < -0.39 is 0 Å². The summed E-state index contributed by atoms with van der Waals surface area (Å²) < 4.78 is 5.09. The Morgan fingerprint density at radius 1 is 1.39 bits per heavy atom. The molecule has 0 amide bonds. The van der Waals surface area contributed by atoms with E-state index in [4.69, 9.17) is 4.74 Å². The van der Waals surface area contributed by atoms with Gasteiger partial charge in [0.15, 0.2) is 0 Å². The number of anilines is 1. The van der Waals surface area contributed by atoms with Crippen molar-refractivity contribution in [1.82, 2.24) is 0 Å². The summed E-state index contributed by atoms with van der Waals surface area (Å²) in [6, 6.07) is 4.73. The Balaban J connectivity index is 2.87. The molecular formula is C13H20N2O3. The summed E-state index contributed by atoms with van der Waals surface area (Å²) in [4.78, 5) is 10.5. The van der Waals surface area contributed by atoms with E-state index in [2.05, 4.69) is 19.2 Å². The Labute approximate surface area is 107 Å². The Morgan fingerprint density at radius 3 is 2.56 bits per heavy atom. The summed E-state index contributed by atoms with van der Waals surface area (Å²) in [5, 5.41) is 14.1. The Hall–Kier alpha value is -1.78. The number of hydrogen-bond donors (Lipinski definition) is 1. The molecule has 0 saturated carbocycles. The highest BCUT2D eigenvalue weighted by atomic mass is 16.6. The summed E-state index contributed by atoms with van der Waals surface area (Å²) in [7, 11) is 1.55. The molecule has 1 aromatic carbocycles. The zero-order chi connectivity index (χ0) is 13.5. The van der Waals surface area contributed by atoms with Crippen LogP contribution in [-0.4, -0.2) is 18.6 Å². The number of rotatable bonds is 7. The molecule has 0 radical (unpaired) electrons. The number of ether oxygens (including phenoxy) is 1. The third-order valence-electron chi connectivity index (χ3n) is 3.14. The fourth-order valence-corrected chi connectivity index (χ4v) is 1.77. The molecule has 0 saturated heterocycles. The molecule has 0 spiro atoms. The van der Waals surface area contributed by atoms with Crippen LogP contribution in [-0.2, 0) is 0 Å². The van der Waals surface area contributed by atoms with E-state index in [1.807, 2.05) is 0 Å². The van der Waals surface area contributed by atoms with Crippen LogP contribution in [0.15, 0.2) is 18.2 Å². The van der Waals surface area contributed by atoms with Crippen LogP contribution in [0.25, 0.3) is 0 Å². The van der Waals surface area contributed by atoms with E-state index in [0.717, 1.165) is 19.4 Å². The first-order valence-corrected chi connectivity index (χ1v) is 6.18. The standard InChI is InChI=1S/C13H20N2O3/c1-4-10(5-2)9-14-12-8-11(18-3)6-7-13(12)15(16)17/h6-8,10,14H,4-5,9H2,1-3H3. The number of methoxy groups -OCH3 is 1. The van der Waals surface area contributed by atoms with Crippen molar-refractivity contribution < 1.29 is 9.66 Å². The number of benzene rings is 1. The van der Waals surface area contributed by atoms with Crippen molar-refractivity contribution in [3.8, 4) is 5.75 Å². The minimum absolute atomic E-state index is 0.0850. The smallest absolute Gasteiger partial charge is 0.292 e. The van der Waals surface area contributed by atoms with Crippen molar-refractivity contribution in [2.24, 2.45) is 5.92 Å². The highest BCUT2D eigenvalue weighted by Crippen LogP contribution is 2.29. The molecule has 0 aliphatic rings. The van der Waals surface area contributed by atoms with Gasteiger partial charge in [0.05, 0.1) is 12.0 Å². The molecule has 1 aromatic rings. The van der Waals surface area contributed by atoms with Crippen LogP contribution in [0, 0.1) is 16.0 Å². The lowest BCUT2D eigenvalue weighted by Gasteiger charge is -2.14. The van der Waals surface area contributed by atoms with Crippen LogP contribution in [0.4, 0.5) is 11.4 Å². The van der Waals surface area contributed by atoms with E-state index in [1.165, 1.54) is 6.07 Å². The number of nitro groups is 1. The van der Waals surface area contributed by atoms with Gasteiger partial charge in [-0.1, -0.05) is 26.7 Å². The fraction of sp³-hybridized carbons (Fsp3) is 0.538. The molecule has 0 aliphatic heterocycles. The van der Waals surface area contributed by atoms with Crippen LogP contribution in [0.5, 0.6) is 5.75 Å². The Morgan fingerprint density at radius 2 is 2.06 bits per heavy atom. The normalized spacial score (nSPS) is 10.4. The van der Waals surface area contributed by atoms with Gasteiger partial charge in [0.2, 0.25) is 0 Å². The second-order valence-corrected chi connectivity index (χ2v) is 4.20. The highest BCUT2D eigenvalue weighted by molar-refractivity contribution is 5.64. The van der Waals surface area contributed by atoms with Crippen LogP contribution in [0.2, 0.25) is 0 Å². The van der Waals surface area contributed by atoms with Gasteiger partial charge in [-0.3, -0.25) is 10.1 Å². The minimum Gasteiger partial charge on any atom is -0.497 e. The number of hydrogen-bond acceptors (Lipinski definition) is 4. The minimum atomic E-state index is -0.380. The molecule has 0 bridgehead atoms. The first-order chi connectivity index (χ1) is 8.62. The number of nitro benzene ring substituents is 1. The van der Waals surface area contributed by atoms with Gasteiger partial charge in [-0.2, -0.15) is 0 Å². The average Bonchev–Trinajstić information content (AvgIpc) is 2.39. The van der Waals surface area contributed by atoms with Crippen molar-refractivity contribution in [1.29, 1.82) is 0 Å². The molecule has 18 heavy (non-hydrogen) atoms. The molecule has 1 rings (SSSR count). The second kappa shape index (κ2) is 6.83. The van der Waals surface area contributed by atoms with Crippen LogP contribution in [0.1, 0.15) is 26.7 Å². The van der Waals surface area contributed by atoms with Gasteiger partial charge < -0.3 is 10.1 Å². The van der Waals surface area contributed by atoms with Crippen LogP contribution >= 0.6 is 0 Å². The van der Waals surface area contributed by atoms with E-state index in [1.54, 1.807) is 19.2 Å². The predicted octanol–water partition coefficient (Wildman–Crippen LogP) is 3.45. The van der Waals surface area contributed by atoms with Crippen molar-refractivity contribution in [2.45, 2.75) is 26.7 Å². The largest absolute Gasteiger partial charge is 0.497 e. The van der Waals surface area contributed by atoms with Gasteiger partial charge in [-0.15, -0.1) is 0 Å². The molecule has 0 fully saturated rings. The molecule has 5 nitrogen and oxygen atoms in total. The molecule has 1 N–H and O–H groups in total. The second-order valence-electron chi connectivity index (χ2n) is 4.20. The fourth-order valence-electron chi connectivity index (χ4n) is 1.77. The number of nitrogens with zero attached hydrogens (tertiary/aromatic N) is 1. The van der Waals surface area contributed by atoms with Gasteiger partial charge in [0, 0.05) is 18.7 Å². The topological polar surface area (TPSA) is 64.4 Å². The van der Waals surface area contributed by atoms with Crippen LogP contribution < -0.4 is 10.1 Å².